The molecule has 0 aromatic heterocycles. The lowest BCUT2D eigenvalue weighted by atomic mass is 10.1. The lowest BCUT2D eigenvalue weighted by Gasteiger charge is -2.12. The van der Waals surface area contributed by atoms with Gasteiger partial charge in [0.05, 0.1) is 11.3 Å². The maximum atomic E-state index is 14.3. The molecule has 4 rings (SSSR count). The highest BCUT2D eigenvalue weighted by atomic mass is 19.4. The van der Waals surface area contributed by atoms with Gasteiger partial charge in [-0.25, -0.2) is 32.9 Å². The molecular weight excluding hydrogens is 471 g/mol. The first kappa shape index (κ1) is 23.4. The number of anilines is 1. The van der Waals surface area contributed by atoms with Crippen LogP contribution in [-0.4, -0.2) is 10.9 Å². The van der Waals surface area contributed by atoms with Crippen LogP contribution in [0, 0.1) is 23.3 Å². The normalized spacial score (nSPS) is 15.7. The first-order valence-corrected chi connectivity index (χ1v) is 9.59. The molecule has 1 aliphatic rings. The second-order valence-electron chi connectivity index (χ2n) is 7.24. The van der Waals surface area contributed by atoms with Crippen molar-refractivity contribution in [3.8, 4) is 5.75 Å². The summed E-state index contributed by atoms with van der Waals surface area (Å²) in [5.74, 6) is -5.60. The summed E-state index contributed by atoms with van der Waals surface area (Å²) in [6, 6.07) is 7.81. The summed E-state index contributed by atoms with van der Waals surface area (Å²) in [6.07, 6.45) is -6.04. The fraction of sp³-hybridized carbons (Fsp3) is 0.136. The zero-order valence-corrected chi connectivity index (χ0v) is 16.9. The summed E-state index contributed by atoms with van der Waals surface area (Å²) in [4.78, 5) is 9.32. The number of alkyl halides is 3. The van der Waals surface area contributed by atoms with Gasteiger partial charge in [0.25, 0.3) is 0 Å². The number of phenolic OH excluding ortho intramolecular Hbond substituents is 1. The van der Waals surface area contributed by atoms with Crippen molar-refractivity contribution >= 4 is 11.5 Å². The number of phenols is 1. The molecule has 0 fully saturated rings. The van der Waals surface area contributed by atoms with Crippen LogP contribution in [0.3, 0.4) is 0 Å². The topological polar surface area (TPSA) is 65.9 Å². The van der Waals surface area contributed by atoms with E-state index in [1.54, 1.807) is 0 Å². The number of hydrogen-bond donors (Lipinski definition) is 3. The standard InChI is InChI=1S/C22H14F7N3O2/c23-14-3-1-10(5-13(14)22(27,28)29)9-30-18-8-11(2-4-15(18)24)20-31-21(34-32-20)12-6-16(25)19(33)17(26)7-12/h1-8,21,30,33H,9H2,(H,31,32). The lowest BCUT2D eigenvalue weighted by molar-refractivity contribution is -0.140. The van der Waals surface area contributed by atoms with Crippen molar-refractivity contribution in [1.82, 2.24) is 5.48 Å². The predicted octanol–water partition coefficient (Wildman–Crippen LogP) is 5.56. The highest BCUT2D eigenvalue weighted by Crippen LogP contribution is 2.32. The average molecular weight is 485 g/mol. The number of halogens is 7. The predicted molar refractivity (Wildman–Crippen MR) is 107 cm³/mol. The minimum atomic E-state index is -4.88. The van der Waals surface area contributed by atoms with Crippen molar-refractivity contribution in [1.29, 1.82) is 0 Å². The number of aliphatic imine (C=N–C) groups is 1. The Hall–Kier alpha value is -3.80. The summed E-state index contributed by atoms with van der Waals surface area (Å²) >= 11 is 0. The van der Waals surface area contributed by atoms with Crippen molar-refractivity contribution < 1.29 is 40.7 Å². The second-order valence-corrected chi connectivity index (χ2v) is 7.24. The lowest BCUT2D eigenvalue weighted by Crippen LogP contribution is -2.18. The maximum absolute atomic E-state index is 14.3. The number of benzene rings is 3. The Labute approximate surface area is 187 Å². The summed E-state index contributed by atoms with van der Waals surface area (Å²) in [6.45, 7) is -0.241. The Morgan fingerprint density at radius 1 is 0.912 bits per heavy atom. The molecule has 3 aromatic rings. The highest BCUT2D eigenvalue weighted by molar-refractivity contribution is 5.99. The molecule has 1 heterocycles. The van der Waals surface area contributed by atoms with Crippen LogP contribution in [0.4, 0.5) is 36.4 Å². The molecule has 0 saturated carbocycles. The largest absolute Gasteiger partial charge is 0.503 e. The van der Waals surface area contributed by atoms with Gasteiger partial charge in [-0.15, -0.1) is 0 Å². The van der Waals surface area contributed by atoms with Crippen LogP contribution in [0.2, 0.25) is 0 Å². The van der Waals surface area contributed by atoms with Crippen LogP contribution in [0.1, 0.15) is 28.5 Å². The second kappa shape index (κ2) is 8.86. The minimum absolute atomic E-state index is 0.0347. The van der Waals surface area contributed by atoms with E-state index in [0.717, 1.165) is 24.3 Å². The van der Waals surface area contributed by atoms with E-state index in [0.29, 0.717) is 17.7 Å². The zero-order chi connectivity index (χ0) is 24.6. The van der Waals surface area contributed by atoms with Gasteiger partial charge < -0.3 is 10.4 Å². The van der Waals surface area contributed by atoms with Gasteiger partial charge in [0.2, 0.25) is 6.23 Å². The van der Waals surface area contributed by atoms with Gasteiger partial charge in [0, 0.05) is 17.7 Å². The molecule has 178 valence electrons. The smallest absolute Gasteiger partial charge is 0.419 e. The van der Waals surface area contributed by atoms with Crippen LogP contribution < -0.4 is 10.8 Å². The first-order chi connectivity index (χ1) is 16.0. The summed E-state index contributed by atoms with van der Waals surface area (Å²) in [5, 5.41) is 11.8. The number of hydrogen-bond acceptors (Lipinski definition) is 5. The highest BCUT2D eigenvalue weighted by Gasteiger charge is 2.34. The molecule has 0 spiro atoms. The van der Waals surface area contributed by atoms with E-state index in [-0.39, 0.29) is 29.2 Å². The molecule has 1 aliphatic heterocycles. The summed E-state index contributed by atoms with van der Waals surface area (Å²) < 4.78 is 93.6. The molecule has 1 unspecified atom stereocenters. The average Bonchev–Trinajstić information content (AvgIpc) is 3.27. The first-order valence-electron chi connectivity index (χ1n) is 9.59. The van der Waals surface area contributed by atoms with Crippen molar-refractivity contribution in [2.75, 3.05) is 5.32 Å². The number of hydroxylamine groups is 1. The van der Waals surface area contributed by atoms with Gasteiger partial charge in [-0.1, -0.05) is 6.07 Å². The summed E-state index contributed by atoms with van der Waals surface area (Å²) in [5.41, 5.74) is 1.25. The van der Waals surface area contributed by atoms with Crippen molar-refractivity contribution in [2.45, 2.75) is 18.9 Å². The molecule has 3 N–H and O–H groups in total. The Kier molecular flexibility index (Phi) is 6.09. The molecule has 3 aromatic carbocycles. The molecule has 0 radical (unpaired) electrons. The SMILES string of the molecule is Oc1c(F)cc(C2N=C(c3ccc(F)c(NCc4ccc(F)c(C(F)(F)F)c4)c3)NO2)cc1F. The van der Waals surface area contributed by atoms with Crippen LogP contribution in [0.5, 0.6) is 5.75 Å². The monoisotopic (exact) mass is 485 g/mol. The van der Waals surface area contributed by atoms with E-state index >= 15 is 0 Å². The Morgan fingerprint density at radius 3 is 2.26 bits per heavy atom. The van der Waals surface area contributed by atoms with E-state index in [4.69, 9.17) is 4.84 Å². The van der Waals surface area contributed by atoms with E-state index in [1.807, 2.05) is 0 Å². The maximum Gasteiger partial charge on any atom is 0.419 e. The molecule has 0 saturated heterocycles. The molecule has 12 heteroatoms. The van der Waals surface area contributed by atoms with Gasteiger partial charge in [-0.2, -0.15) is 13.2 Å². The van der Waals surface area contributed by atoms with Gasteiger partial charge in [0.15, 0.2) is 23.2 Å². The molecule has 5 nitrogen and oxygen atoms in total. The summed E-state index contributed by atoms with van der Waals surface area (Å²) in [7, 11) is 0. The van der Waals surface area contributed by atoms with Gasteiger partial charge in [-0.3, -0.25) is 0 Å². The van der Waals surface area contributed by atoms with Crippen LogP contribution in [0.25, 0.3) is 0 Å². The Balaban J connectivity index is 1.53. The Morgan fingerprint density at radius 2 is 1.59 bits per heavy atom. The molecular formula is C22H14F7N3O2. The van der Waals surface area contributed by atoms with Crippen LogP contribution >= 0.6 is 0 Å². The Bertz CT molecular complexity index is 1250. The van der Waals surface area contributed by atoms with E-state index < -0.39 is 47.0 Å². The molecule has 0 amide bonds. The van der Waals surface area contributed by atoms with Crippen molar-refractivity contribution in [2.24, 2.45) is 4.99 Å². The quantitative estimate of drug-likeness (QED) is 0.414. The minimum Gasteiger partial charge on any atom is -0.503 e. The van der Waals surface area contributed by atoms with Crippen molar-refractivity contribution in [3.05, 3.63) is 94.1 Å². The fourth-order valence-electron chi connectivity index (χ4n) is 3.19. The number of nitrogens with zero attached hydrogens (tertiary/aromatic N) is 1. The third-order valence-electron chi connectivity index (χ3n) is 4.90. The number of nitrogens with one attached hydrogen (secondary N) is 2. The van der Waals surface area contributed by atoms with Gasteiger partial charge in [-0.05, 0) is 48.0 Å². The van der Waals surface area contributed by atoms with E-state index in [1.165, 1.54) is 12.1 Å². The van der Waals surface area contributed by atoms with E-state index in [2.05, 4.69) is 15.8 Å². The van der Waals surface area contributed by atoms with Crippen LogP contribution in [-0.2, 0) is 17.6 Å². The molecule has 0 bridgehead atoms. The van der Waals surface area contributed by atoms with Crippen molar-refractivity contribution in [3.63, 3.8) is 0 Å². The number of aromatic hydroxyl groups is 1. The van der Waals surface area contributed by atoms with Gasteiger partial charge in [0.1, 0.15) is 11.6 Å². The van der Waals surface area contributed by atoms with Gasteiger partial charge >= 0.3 is 6.18 Å². The number of rotatable bonds is 5. The third-order valence-corrected chi connectivity index (χ3v) is 4.90. The molecule has 1 atom stereocenters. The molecule has 34 heavy (non-hydrogen) atoms. The zero-order valence-electron chi connectivity index (χ0n) is 16.9. The third kappa shape index (κ3) is 4.76. The number of amidine groups is 1. The fourth-order valence-corrected chi connectivity index (χ4v) is 3.19. The molecule has 0 aliphatic carbocycles. The van der Waals surface area contributed by atoms with E-state index in [9.17, 15) is 35.8 Å². The van der Waals surface area contributed by atoms with Crippen LogP contribution in [0.15, 0.2) is 53.5 Å².